The van der Waals surface area contributed by atoms with E-state index in [-0.39, 0.29) is 41.3 Å². The number of nitrogens with zero attached hydrogens (tertiary/aromatic N) is 7. The molecule has 1 unspecified atom stereocenters. The van der Waals surface area contributed by atoms with Crippen molar-refractivity contribution in [3.05, 3.63) is 65.9 Å². The molecule has 13 heteroatoms. The zero-order valence-corrected chi connectivity index (χ0v) is 30.9. The number of ether oxygens (including phenoxy) is 2. The topological polar surface area (TPSA) is 87.2 Å². The monoisotopic (exact) mass is 751 g/mol. The van der Waals surface area contributed by atoms with Gasteiger partial charge in [-0.3, -0.25) is 19.6 Å². The number of rotatable bonds is 9. The molecule has 5 saturated heterocycles. The lowest BCUT2D eigenvalue weighted by molar-refractivity contribution is -0.125. The molecule has 55 heavy (non-hydrogen) atoms. The van der Waals surface area contributed by atoms with E-state index >= 15 is 4.39 Å². The van der Waals surface area contributed by atoms with Crippen LogP contribution in [0.5, 0.6) is 6.01 Å². The summed E-state index contributed by atoms with van der Waals surface area (Å²) in [6, 6.07) is 8.77. The smallest absolute Gasteiger partial charge is 0.319 e. The van der Waals surface area contributed by atoms with Gasteiger partial charge in [0.1, 0.15) is 35.6 Å². The van der Waals surface area contributed by atoms with E-state index in [9.17, 15) is 13.6 Å². The van der Waals surface area contributed by atoms with Gasteiger partial charge in [-0.2, -0.15) is 9.97 Å². The second kappa shape index (κ2) is 14.4. The van der Waals surface area contributed by atoms with Crippen molar-refractivity contribution in [3.8, 4) is 29.6 Å². The average molecular weight is 752 g/mol. The first kappa shape index (κ1) is 35.9. The molecular formula is C42H44F3N7O3. The molecule has 4 aromatic rings. The summed E-state index contributed by atoms with van der Waals surface area (Å²) in [5.41, 5.74) is -0.169. The summed E-state index contributed by atoms with van der Waals surface area (Å²) in [4.78, 5) is 35.7. The molecular weight excluding hydrogens is 708 g/mol. The maximum absolute atomic E-state index is 17.0. The second-order valence-electron chi connectivity index (χ2n) is 15.7. The minimum Gasteiger partial charge on any atom is -0.461 e. The van der Waals surface area contributed by atoms with Gasteiger partial charge in [0.2, 0.25) is 5.91 Å². The van der Waals surface area contributed by atoms with Crippen LogP contribution in [0.15, 0.2) is 48.7 Å². The van der Waals surface area contributed by atoms with E-state index in [0.29, 0.717) is 72.1 Å². The SMILES string of the molecule is C#Cc1c(F)ccc2cccc(-c3ncc4c(N(C)[C@@H]5CCN(C(=O)/C=C/CN6C7CC[C@H]6COC7)C5)nc(OC[C@@]56CCCN5C[C@H](F)C6)nc4c3F)c12. The van der Waals surface area contributed by atoms with Crippen LogP contribution in [0, 0.1) is 24.0 Å². The van der Waals surface area contributed by atoms with Crippen LogP contribution in [0.1, 0.15) is 44.1 Å². The Bertz CT molecular complexity index is 2210. The lowest BCUT2D eigenvalue weighted by Crippen LogP contribution is -2.45. The molecule has 5 atom stereocenters. The van der Waals surface area contributed by atoms with Gasteiger partial charge in [0, 0.05) is 81.0 Å². The fourth-order valence-electron chi connectivity index (χ4n) is 9.71. The van der Waals surface area contributed by atoms with Crippen LogP contribution in [-0.4, -0.2) is 125 Å². The number of fused-ring (bicyclic) bond motifs is 5. The van der Waals surface area contributed by atoms with Crippen molar-refractivity contribution in [2.75, 3.05) is 64.5 Å². The number of hydrogen-bond donors (Lipinski definition) is 0. The highest BCUT2D eigenvalue weighted by atomic mass is 19.1. The standard InChI is InChI=1S/C42H44F3N7O3/c1-3-31-34(44)13-10-26-7-4-8-32(36(26)31)38-37(45)39-33(20-46-38)40(48-41(47-39)55-25-42-15-6-16-51(42)21-27(43)19-42)49(2)28-14-18-50(22-28)35(53)9-5-17-52-29-11-12-30(52)24-54-23-29/h1,4-5,7-10,13,20,27-30H,6,11-12,14-19,21-25H2,2H3/b9-5+/t27-,28-,29+,30?,42+/m1/s1. The third-order valence-corrected chi connectivity index (χ3v) is 12.6. The number of benzene rings is 2. The molecule has 2 aromatic heterocycles. The number of morpholine rings is 1. The van der Waals surface area contributed by atoms with Crippen molar-refractivity contribution in [2.24, 2.45) is 0 Å². The number of amides is 1. The van der Waals surface area contributed by atoms with Crippen molar-refractivity contribution in [2.45, 2.75) is 68.4 Å². The molecule has 5 aliphatic heterocycles. The normalized spacial score (nSPS) is 26.7. The third-order valence-electron chi connectivity index (χ3n) is 12.6. The first-order valence-corrected chi connectivity index (χ1v) is 19.3. The zero-order valence-electron chi connectivity index (χ0n) is 30.9. The van der Waals surface area contributed by atoms with Gasteiger partial charge in [-0.15, -0.1) is 6.42 Å². The second-order valence-corrected chi connectivity index (χ2v) is 15.7. The van der Waals surface area contributed by atoms with Crippen LogP contribution in [0.3, 0.4) is 0 Å². The van der Waals surface area contributed by atoms with Crippen molar-refractivity contribution < 1.29 is 27.4 Å². The molecule has 0 spiro atoms. The molecule has 286 valence electrons. The van der Waals surface area contributed by atoms with Gasteiger partial charge in [0.25, 0.3) is 0 Å². The Morgan fingerprint density at radius 3 is 2.78 bits per heavy atom. The Morgan fingerprint density at radius 1 is 1.13 bits per heavy atom. The highest BCUT2D eigenvalue weighted by Gasteiger charge is 2.49. The number of aromatic nitrogens is 3. The molecule has 2 bridgehead atoms. The summed E-state index contributed by atoms with van der Waals surface area (Å²) in [6.07, 6.45) is 15.0. The number of pyridine rings is 1. The number of halogens is 3. The molecule has 9 rings (SSSR count). The number of likely N-dealkylation sites (N-methyl/N-ethyl adjacent to an activating group) is 1. The summed E-state index contributed by atoms with van der Waals surface area (Å²) < 4.78 is 58.5. The Labute approximate surface area is 318 Å². The van der Waals surface area contributed by atoms with Crippen LogP contribution in [0.4, 0.5) is 19.0 Å². The third kappa shape index (κ3) is 6.38. The minimum atomic E-state index is -0.940. The van der Waals surface area contributed by atoms with Gasteiger partial charge in [-0.1, -0.05) is 36.3 Å². The molecule has 10 nitrogen and oxygen atoms in total. The average Bonchev–Trinajstić information content (AvgIpc) is 3.95. The highest BCUT2D eigenvalue weighted by molar-refractivity contribution is 6.02. The molecule has 0 saturated carbocycles. The van der Waals surface area contributed by atoms with Crippen molar-refractivity contribution in [3.63, 3.8) is 0 Å². The number of carbonyl (C=O) groups excluding carboxylic acids is 1. The van der Waals surface area contributed by atoms with E-state index in [4.69, 9.17) is 20.9 Å². The fraction of sp³-hybridized carbons (Fsp3) is 0.476. The van der Waals surface area contributed by atoms with E-state index < -0.39 is 23.3 Å². The molecule has 5 aliphatic rings. The Balaban J connectivity index is 1.03. The molecule has 0 N–H and O–H groups in total. The van der Waals surface area contributed by atoms with E-state index in [1.807, 2.05) is 22.9 Å². The van der Waals surface area contributed by atoms with Gasteiger partial charge < -0.3 is 19.3 Å². The van der Waals surface area contributed by atoms with Crippen LogP contribution < -0.4 is 9.64 Å². The van der Waals surface area contributed by atoms with E-state index in [1.165, 1.54) is 12.3 Å². The lowest BCUT2D eigenvalue weighted by Gasteiger charge is -2.33. The van der Waals surface area contributed by atoms with Crippen molar-refractivity contribution >= 4 is 33.4 Å². The van der Waals surface area contributed by atoms with Gasteiger partial charge in [-0.25, -0.2) is 13.2 Å². The first-order chi connectivity index (χ1) is 26.7. The minimum absolute atomic E-state index is 0.0194. The number of anilines is 1. The largest absolute Gasteiger partial charge is 0.461 e. The molecule has 2 aromatic carbocycles. The number of carbonyl (C=O) groups is 1. The number of terminal acetylenes is 1. The van der Waals surface area contributed by atoms with Crippen molar-refractivity contribution in [1.29, 1.82) is 0 Å². The predicted molar refractivity (Wildman–Crippen MR) is 204 cm³/mol. The van der Waals surface area contributed by atoms with E-state index in [2.05, 4.69) is 25.7 Å². The van der Waals surface area contributed by atoms with Crippen molar-refractivity contribution in [1.82, 2.24) is 29.7 Å². The van der Waals surface area contributed by atoms with Gasteiger partial charge in [-0.05, 0) is 50.1 Å². The molecule has 5 fully saturated rings. The predicted octanol–water partition coefficient (Wildman–Crippen LogP) is 5.52. The number of likely N-dealkylation sites (tertiary alicyclic amines) is 1. The molecule has 0 aliphatic carbocycles. The van der Waals surface area contributed by atoms with E-state index in [0.717, 1.165) is 52.0 Å². The summed E-state index contributed by atoms with van der Waals surface area (Å²) in [6.45, 7) is 4.55. The summed E-state index contributed by atoms with van der Waals surface area (Å²) in [5.74, 6) is 1.47. The van der Waals surface area contributed by atoms with Crippen LogP contribution in [-0.2, 0) is 9.53 Å². The van der Waals surface area contributed by atoms with E-state index in [1.54, 1.807) is 30.3 Å². The Morgan fingerprint density at radius 2 is 1.96 bits per heavy atom. The summed E-state index contributed by atoms with van der Waals surface area (Å²) >= 11 is 0. The maximum Gasteiger partial charge on any atom is 0.319 e. The summed E-state index contributed by atoms with van der Waals surface area (Å²) in [7, 11) is 1.87. The van der Waals surface area contributed by atoms with Crippen LogP contribution in [0.25, 0.3) is 32.9 Å². The maximum atomic E-state index is 17.0. The lowest BCUT2D eigenvalue weighted by atomic mass is 9.95. The number of hydrogen-bond acceptors (Lipinski definition) is 9. The Kier molecular flexibility index (Phi) is 9.39. The van der Waals surface area contributed by atoms with Gasteiger partial charge in [0.15, 0.2) is 5.82 Å². The van der Waals surface area contributed by atoms with Crippen LogP contribution >= 0.6 is 0 Å². The summed E-state index contributed by atoms with van der Waals surface area (Å²) in [5, 5.41) is 1.38. The van der Waals surface area contributed by atoms with Gasteiger partial charge >= 0.3 is 6.01 Å². The molecule has 0 radical (unpaired) electrons. The van der Waals surface area contributed by atoms with Gasteiger partial charge in [0.05, 0.1) is 29.7 Å². The first-order valence-electron chi connectivity index (χ1n) is 19.3. The highest BCUT2D eigenvalue weighted by Crippen LogP contribution is 2.41. The Hall–Kier alpha value is -4.77. The molecule has 7 heterocycles. The quantitative estimate of drug-likeness (QED) is 0.162. The number of alkyl halides is 1. The molecule has 1 amide bonds. The fourth-order valence-corrected chi connectivity index (χ4v) is 9.71. The van der Waals surface area contributed by atoms with Crippen LogP contribution in [0.2, 0.25) is 0 Å². The zero-order chi connectivity index (χ0) is 37.8.